The second-order valence-corrected chi connectivity index (χ2v) is 7.30. The van der Waals surface area contributed by atoms with Crippen LogP contribution >= 0.6 is 0 Å². The largest absolute Gasteiger partial charge is 0.342 e. The lowest BCUT2D eigenvalue weighted by Gasteiger charge is -2.10. The third kappa shape index (κ3) is 4.32. The van der Waals surface area contributed by atoms with E-state index in [-0.39, 0.29) is 18.1 Å². The number of amides is 2. The standard InChI is InChI=1S/C23H22FN5O2/c1-14-13-18(15(2)29(14)17-9-7-16(24)8-10-17)23(31)28-27-22(30)12-11-21-25-19-5-3-4-6-20(19)26-21/h3-10,13H,11-12H2,1-2H3,(H,25,26)(H,27,30)(H,28,31). The van der Waals surface area contributed by atoms with Crippen LogP contribution in [0.25, 0.3) is 16.7 Å². The molecule has 0 unspecified atom stereocenters. The molecular weight excluding hydrogens is 397 g/mol. The van der Waals surface area contributed by atoms with Crippen molar-refractivity contribution >= 4 is 22.8 Å². The van der Waals surface area contributed by atoms with Gasteiger partial charge in [0.25, 0.3) is 5.91 Å². The van der Waals surface area contributed by atoms with Gasteiger partial charge in [-0.3, -0.25) is 20.4 Å². The van der Waals surface area contributed by atoms with Crippen LogP contribution in [0, 0.1) is 19.7 Å². The summed E-state index contributed by atoms with van der Waals surface area (Å²) < 4.78 is 15.1. The number of aryl methyl sites for hydroxylation is 2. The number of fused-ring (bicyclic) bond motifs is 1. The Balaban J connectivity index is 1.36. The van der Waals surface area contributed by atoms with E-state index in [1.54, 1.807) is 25.1 Å². The maximum absolute atomic E-state index is 13.2. The third-order valence-electron chi connectivity index (χ3n) is 5.10. The number of imidazole rings is 1. The summed E-state index contributed by atoms with van der Waals surface area (Å²) in [4.78, 5) is 32.4. The van der Waals surface area contributed by atoms with Gasteiger partial charge in [0.15, 0.2) is 0 Å². The predicted octanol–water partition coefficient (Wildman–Crippen LogP) is 3.50. The number of hydrogen-bond acceptors (Lipinski definition) is 3. The van der Waals surface area contributed by atoms with Crippen LogP contribution in [0.2, 0.25) is 0 Å². The fourth-order valence-corrected chi connectivity index (χ4v) is 3.59. The van der Waals surface area contributed by atoms with Crippen molar-refractivity contribution in [3.63, 3.8) is 0 Å². The van der Waals surface area contributed by atoms with E-state index in [0.29, 0.717) is 23.5 Å². The smallest absolute Gasteiger partial charge is 0.271 e. The van der Waals surface area contributed by atoms with E-state index in [1.165, 1.54) is 12.1 Å². The van der Waals surface area contributed by atoms with E-state index in [9.17, 15) is 14.0 Å². The van der Waals surface area contributed by atoms with Crippen LogP contribution in [0.3, 0.4) is 0 Å². The van der Waals surface area contributed by atoms with Crippen molar-refractivity contribution in [2.24, 2.45) is 0 Å². The molecule has 0 aliphatic rings. The molecule has 31 heavy (non-hydrogen) atoms. The minimum Gasteiger partial charge on any atom is -0.342 e. The molecule has 0 radical (unpaired) electrons. The van der Waals surface area contributed by atoms with Crippen LogP contribution in [-0.2, 0) is 11.2 Å². The van der Waals surface area contributed by atoms with Crippen LogP contribution in [0.1, 0.15) is 34.0 Å². The molecule has 0 aliphatic carbocycles. The molecule has 0 atom stereocenters. The predicted molar refractivity (Wildman–Crippen MR) is 115 cm³/mol. The number of carbonyl (C=O) groups excluding carboxylic acids is 2. The van der Waals surface area contributed by atoms with Gasteiger partial charge in [-0.15, -0.1) is 0 Å². The van der Waals surface area contributed by atoms with E-state index >= 15 is 0 Å². The highest BCUT2D eigenvalue weighted by molar-refractivity contribution is 5.97. The van der Waals surface area contributed by atoms with Gasteiger partial charge in [-0.05, 0) is 56.3 Å². The van der Waals surface area contributed by atoms with Crippen LogP contribution in [0.15, 0.2) is 54.6 Å². The summed E-state index contributed by atoms with van der Waals surface area (Å²) >= 11 is 0. The zero-order valence-electron chi connectivity index (χ0n) is 17.2. The normalized spacial score (nSPS) is 10.9. The van der Waals surface area contributed by atoms with Crippen LogP contribution in [0.4, 0.5) is 4.39 Å². The van der Waals surface area contributed by atoms with E-state index < -0.39 is 5.91 Å². The van der Waals surface area contributed by atoms with Crippen molar-refractivity contribution in [2.75, 3.05) is 0 Å². The summed E-state index contributed by atoms with van der Waals surface area (Å²) in [6, 6.07) is 15.4. The summed E-state index contributed by atoms with van der Waals surface area (Å²) in [5.41, 5.74) is 9.38. The minimum atomic E-state index is -0.418. The Morgan fingerprint density at radius 2 is 1.81 bits per heavy atom. The first kappa shape index (κ1) is 20.3. The van der Waals surface area contributed by atoms with E-state index in [0.717, 1.165) is 22.4 Å². The Bertz CT molecular complexity index is 1220. The molecule has 0 fully saturated rings. The molecule has 158 valence electrons. The minimum absolute atomic E-state index is 0.175. The molecule has 0 saturated carbocycles. The Kier molecular flexibility index (Phi) is 5.53. The van der Waals surface area contributed by atoms with Gasteiger partial charge in [0.1, 0.15) is 11.6 Å². The third-order valence-corrected chi connectivity index (χ3v) is 5.10. The number of aromatic nitrogens is 3. The van der Waals surface area contributed by atoms with Gasteiger partial charge in [-0.2, -0.15) is 0 Å². The first-order valence-corrected chi connectivity index (χ1v) is 9.90. The lowest BCUT2D eigenvalue weighted by molar-refractivity contribution is -0.121. The highest BCUT2D eigenvalue weighted by Gasteiger charge is 2.17. The molecule has 8 heteroatoms. The van der Waals surface area contributed by atoms with Gasteiger partial charge in [-0.25, -0.2) is 9.37 Å². The molecule has 3 N–H and O–H groups in total. The number of rotatable bonds is 5. The molecule has 7 nitrogen and oxygen atoms in total. The molecule has 4 aromatic rings. The first-order chi connectivity index (χ1) is 14.9. The van der Waals surface area contributed by atoms with Crippen molar-refractivity contribution in [3.8, 4) is 5.69 Å². The number of H-pyrrole nitrogens is 1. The molecule has 0 aliphatic heterocycles. The number of nitrogens with zero attached hydrogens (tertiary/aromatic N) is 2. The summed E-state index contributed by atoms with van der Waals surface area (Å²) in [5.74, 6) is -0.347. The molecule has 2 aromatic carbocycles. The Morgan fingerprint density at radius 3 is 2.55 bits per heavy atom. The zero-order valence-corrected chi connectivity index (χ0v) is 17.2. The van der Waals surface area contributed by atoms with Crippen molar-refractivity contribution < 1.29 is 14.0 Å². The summed E-state index contributed by atoms with van der Waals surface area (Å²) in [7, 11) is 0. The maximum atomic E-state index is 13.2. The van der Waals surface area contributed by atoms with Gasteiger partial charge in [0.2, 0.25) is 5.91 Å². The highest BCUT2D eigenvalue weighted by Crippen LogP contribution is 2.21. The summed E-state index contributed by atoms with van der Waals surface area (Å²) in [6.45, 7) is 3.66. The van der Waals surface area contributed by atoms with E-state index in [1.807, 2.05) is 35.8 Å². The molecule has 0 bridgehead atoms. The number of hydrazine groups is 1. The van der Waals surface area contributed by atoms with E-state index in [2.05, 4.69) is 20.8 Å². The topological polar surface area (TPSA) is 91.8 Å². The maximum Gasteiger partial charge on any atom is 0.271 e. The highest BCUT2D eigenvalue weighted by atomic mass is 19.1. The van der Waals surface area contributed by atoms with Gasteiger partial charge < -0.3 is 9.55 Å². The molecule has 0 saturated heterocycles. The Labute approximate surface area is 178 Å². The molecular formula is C23H22FN5O2. The molecule has 4 rings (SSSR count). The van der Waals surface area contributed by atoms with Gasteiger partial charge in [-0.1, -0.05) is 12.1 Å². The van der Waals surface area contributed by atoms with Crippen molar-refractivity contribution in [3.05, 3.63) is 83.2 Å². The molecule has 2 heterocycles. The SMILES string of the molecule is Cc1cc(C(=O)NNC(=O)CCc2nc3ccccc3[nH]2)c(C)n1-c1ccc(F)cc1. The number of hydrogen-bond donors (Lipinski definition) is 3. The van der Waals surface area contributed by atoms with Gasteiger partial charge >= 0.3 is 0 Å². The van der Waals surface area contributed by atoms with Crippen molar-refractivity contribution in [1.82, 2.24) is 25.4 Å². The zero-order chi connectivity index (χ0) is 22.0. The quantitative estimate of drug-likeness (QED) is 0.432. The lowest BCUT2D eigenvalue weighted by atomic mass is 10.2. The second kappa shape index (κ2) is 8.43. The second-order valence-electron chi connectivity index (χ2n) is 7.30. The Hall–Kier alpha value is -3.94. The first-order valence-electron chi connectivity index (χ1n) is 9.90. The molecule has 0 spiro atoms. The average molecular weight is 419 g/mol. The summed E-state index contributed by atoms with van der Waals surface area (Å²) in [5, 5.41) is 0. The van der Waals surface area contributed by atoms with Gasteiger partial charge in [0, 0.05) is 29.9 Å². The fraction of sp³-hybridized carbons (Fsp3) is 0.174. The fourth-order valence-electron chi connectivity index (χ4n) is 3.59. The number of benzene rings is 2. The number of carbonyl (C=O) groups is 2. The molecule has 2 aromatic heterocycles. The number of aromatic amines is 1. The van der Waals surface area contributed by atoms with Crippen LogP contribution < -0.4 is 10.9 Å². The molecule has 2 amide bonds. The van der Waals surface area contributed by atoms with E-state index in [4.69, 9.17) is 0 Å². The number of para-hydroxylation sites is 2. The lowest BCUT2D eigenvalue weighted by Crippen LogP contribution is -2.41. The van der Waals surface area contributed by atoms with Crippen molar-refractivity contribution in [1.29, 1.82) is 0 Å². The van der Waals surface area contributed by atoms with Crippen molar-refractivity contribution in [2.45, 2.75) is 26.7 Å². The number of halogens is 1. The van der Waals surface area contributed by atoms with Crippen LogP contribution in [0.5, 0.6) is 0 Å². The van der Waals surface area contributed by atoms with Gasteiger partial charge in [0.05, 0.1) is 16.6 Å². The average Bonchev–Trinajstić information content (AvgIpc) is 3.31. The summed E-state index contributed by atoms with van der Waals surface area (Å²) in [6.07, 6.45) is 0.601. The van der Waals surface area contributed by atoms with Crippen LogP contribution in [-0.4, -0.2) is 26.3 Å². The Morgan fingerprint density at radius 1 is 1.06 bits per heavy atom. The number of nitrogens with one attached hydrogen (secondary N) is 3. The monoisotopic (exact) mass is 419 g/mol.